The molecule has 90 valence electrons. The van der Waals surface area contributed by atoms with Gasteiger partial charge in [0.1, 0.15) is 5.76 Å². The Balaban J connectivity index is 4.31. The van der Waals surface area contributed by atoms with E-state index in [1.165, 1.54) is 13.8 Å². The van der Waals surface area contributed by atoms with Crippen LogP contribution >= 0.6 is 34.8 Å². The second kappa shape index (κ2) is 6.08. The second-order valence-electron chi connectivity index (χ2n) is 2.71. The van der Waals surface area contributed by atoms with E-state index in [2.05, 4.69) is 4.74 Å². The minimum absolute atomic E-state index is 0.0158. The molecule has 0 aliphatic carbocycles. The summed E-state index contributed by atoms with van der Waals surface area (Å²) in [6, 6.07) is 0. The van der Waals surface area contributed by atoms with Crippen LogP contribution in [0.2, 0.25) is 0 Å². The van der Waals surface area contributed by atoms with Gasteiger partial charge in [-0.1, -0.05) is 34.8 Å². The quantitative estimate of drug-likeness (QED) is 0.480. The van der Waals surface area contributed by atoms with Crippen LogP contribution in [0.5, 0.6) is 0 Å². The van der Waals surface area contributed by atoms with Crippen LogP contribution in [-0.2, 0) is 14.3 Å². The van der Waals surface area contributed by atoms with E-state index in [-0.39, 0.29) is 11.5 Å². The molecule has 1 N–H and O–H groups in total. The molecule has 0 saturated carbocycles. The molecule has 5 nitrogen and oxygen atoms in total. The number of carbonyl (C=O) groups is 3. The number of nitrogens with one attached hydrogen (secondary N) is 1. The maximum Gasteiger partial charge on any atom is 0.419 e. The second-order valence-corrected chi connectivity index (χ2v) is 4.99. The highest BCUT2D eigenvalue weighted by Gasteiger charge is 2.32. The third kappa shape index (κ3) is 6.66. The molecule has 0 unspecified atom stereocenters. The number of imide groups is 1. The van der Waals surface area contributed by atoms with E-state index in [1.54, 1.807) is 5.32 Å². The zero-order valence-electron chi connectivity index (χ0n) is 8.34. The van der Waals surface area contributed by atoms with Gasteiger partial charge in [-0.25, -0.2) is 4.79 Å². The summed E-state index contributed by atoms with van der Waals surface area (Å²) < 4.78 is 2.27. The van der Waals surface area contributed by atoms with Gasteiger partial charge in [-0.05, 0) is 13.8 Å². The number of rotatable bonds is 2. The van der Waals surface area contributed by atoms with Gasteiger partial charge in [0.2, 0.25) is 0 Å². The van der Waals surface area contributed by atoms with Crippen LogP contribution < -0.4 is 5.32 Å². The summed E-state index contributed by atoms with van der Waals surface area (Å²) in [6.45, 7) is 2.64. The van der Waals surface area contributed by atoms with Gasteiger partial charge in [0.25, 0.3) is 9.70 Å². The molecule has 0 spiro atoms. The van der Waals surface area contributed by atoms with Gasteiger partial charge in [-0.15, -0.1) is 0 Å². The fraction of sp³-hybridized carbons (Fsp3) is 0.375. The van der Waals surface area contributed by atoms with Crippen molar-refractivity contribution in [3.8, 4) is 0 Å². The van der Waals surface area contributed by atoms with Crippen molar-refractivity contribution in [2.24, 2.45) is 0 Å². The molecule has 0 heterocycles. The normalized spacial score (nSPS) is 11.9. The van der Waals surface area contributed by atoms with Crippen molar-refractivity contribution in [3.05, 3.63) is 11.8 Å². The van der Waals surface area contributed by atoms with Crippen LogP contribution in [0.3, 0.4) is 0 Å². The third-order valence-electron chi connectivity index (χ3n) is 1.13. The lowest BCUT2D eigenvalue weighted by molar-refractivity contribution is -0.119. The Morgan fingerprint density at radius 3 is 2.06 bits per heavy atom. The highest BCUT2D eigenvalue weighted by molar-refractivity contribution is 6.76. The summed E-state index contributed by atoms with van der Waals surface area (Å²) in [7, 11) is 0. The number of ketones is 1. The molecular weight excluding hydrogens is 280 g/mol. The summed E-state index contributed by atoms with van der Waals surface area (Å²) in [6.07, 6.45) is -0.0642. The molecule has 0 radical (unpaired) electrons. The standard InChI is InChI=1S/C8H8Cl3NO4/c1-4(13)3-5(2)16-7(15)12-6(14)8(9,10)11/h3H,1-2H3,(H,12,14,15). The van der Waals surface area contributed by atoms with Crippen molar-refractivity contribution in [3.63, 3.8) is 0 Å². The van der Waals surface area contributed by atoms with Gasteiger partial charge in [0.15, 0.2) is 5.78 Å². The fourth-order valence-electron chi connectivity index (χ4n) is 0.651. The van der Waals surface area contributed by atoms with Crippen LogP contribution in [0.25, 0.3) is 0 Å². The van der Waals surface area contributed by atoms with Gasteiger partial charge in [-0.3, -0.25) is 14.9 Å². The molecule has 16 heavy (non-hydrogen) atoms. The van der Waals surface area contributed by atoms with E-state index in [0.29, 0.717) is 0 Å². The molecule has 2 amide bonds. The fourth-order valence-corrected chi connectivity index (χ4v) is 0.793. The van der Waals surface area contributed by atoms with Crippen molar-refractivity contribution < 1.29 is 19.1 Å². The van der Waals surface area contributed by atoms with Crippen LogP contribution in [-0.4, -0.2) is 21.6 Å². The zero-order chi connectivity index (χ0) is 12.9. The Morgan fingerprint density at radius 1 is 1.19 bits per heavy atom. The number of hydrogen-bond donors (Lipinski definition) is 1. The van der Waals surface area contributed by atoms with E-state index in [9.17, 15) is 14.4 Å². The molecule has 0 rings (SSSR count). The number of alkyl halides is 3. The minimum Gasteiger partial charge on any atom is -0.415 e. The maximum atomic E-state index is 11.0. The summed E-state index contributed by atoms with van der Waals surface area (Å²) in [5.41, 5.74) is 0. The zero-order valence-corrected chi connectivity index (χ0v) is 10.6. The van der Waals surface area contributed by atoms with E-state index in [0.717, 1.165) is 6.08 Å². The van der Waals surface area contributed by atoms with E-state index < -0.39 is 15.8 Å². The summed E-state index contributed by atoms with van der Waals surface area (Å²) in [5, 5.41) is 1.68. The van der Waals surface area contributed by atoms with E-state index in [1.807, 2.05) is 0 Å². The third-order valence-corrected chi connectivity index (χ3v) is 1.65. The molecule has 0 atom stereocenters. The Hall–Kier alpha value is -0.780. The Kier molecular flexibility index (Phi) is 5.78. The number of amides is 2. The van der Waals surface area contributed by atoms with Gasteiger partial charge in [0.05, 0.1) is 0 Å². The predicted molar refractivity (Wildman–Crippen MR) is 59.4 cm³/mol. The SMILES string of the molecule is CC(=O)C=C(C)OC(=O)NC(=O)C(Cl)(Cl)Cl. The molecule has 0 aromatic heterocycles. The first-order valence-corrected chi connectivity index (χ1v) is 5.05. The first-order valence-electron chi connectivity index (χ1n) is 3.91. The topological polar surface area (TPSA) is 72.5 Å². The Bertz CT molecular complexity index is 346. The number of alkyl carbamates (subject to hydrolysis) is 1. The number of halogens is 3. The average Bonchev–Trinajstić information content (AvgIpc) is 1.98. The smallest absolute Gasteiger partial charge is 0.415 e. The lowest BCUT2D eigenvalue weighted by Gasteiger charge is -2.10. The summed E-state index contributed by atoms with van der Waals surface area (Å²) in [5.74, 6) is -1.43. The van der Waals surface area contributed by atoms with Gasteiger partial charge >= 0.3 is 6.09 Å². The van der Waals surface area contributed by atoms with Gasteiger partial charge in [0, 0.05) is 6.08 Å². The lowest BCUT2D eigenvalue weighted by atomic mass is 10.4. The Labute approximate surface area is 107 Å². The number of hydrogen-bond acceptors (Lipinski definition) is 4. The average molecular weight is 289 g/mol. The molecule has 8 heteroatoms. The Morgan fingerprint density at radius 2 is 1.69 bits per heavy atom. The van der Waals surface area contributed by atoms with Gasteiger partial charge in [-0.2, -0.15) is 0 Å². The van der Waals surface area contributed by atoms with Crippen molar-refractivity contribution >= 4 is 52.6 Å². The number of carbonyl (C=O) groups excluding carboxylic acids is 3. The van der Waals surface area contributed by atoms with Crippen molar-refractivity contribution in [2.75, 3.05) is 0 Å². The molecule has 0 aliphatic rings. The molecule has 0 aromatic carbocycles. The summed E-state index contributed by atoms with van der Waals surface area (Å²) >= 11 is 15.6. The highest BCUT2D eigenvalue weighted by atomic mass is 35.6. The van der Waals surface area contributed by atoms with Crippen molar-refractivity contribution in [1.82, 2.24) is 5.32 Å². The molecular formula is C8H8Cl3NO4. The molecule has 0 aliphatic heterocycles. The lowest BCUT2D eigenvalue weighted by Crippen LogP contribution is -2.38. The van der Waals surface area contributed by atoms with E-state index in [4.69, 9.17) is 34.8 Å². The minimum atomic E-state index is -2.25. The highest BCUT2D eigenvalue weighted by Crippen LogP contribution is 2.25. The van der Waals surface area contributed by atoms with Crippen LogP contribution in [0.15, 0.2) is 11.8 Å². The first kappa shape index (κ1) is 15.2. The number of allylic oxidation sites excluding steroid dienone is 2. The molecule has 0 saturated heterocycles. The van der Waals surface area contributed by atoms with E-state index >= 15 is 0 Å². The van der Waals surface area contributed by atoms with Crippen LogP contribution in [0.4, 0.5) is 4.79 Å². The maximum absolute atomic E-state index is 11.0. The first-order chi connectivity index (χ1) is 7.12. The predicted octanol–water partition coefficient (Wildman–Crippen LogP) is 2.10. The van der Waals surface area contributed by atoms with Crippen molar-refractivity contribution in [2.45, 2.75) is 17.6 Å². The summed E-state index contributed by atoms with van der Waals surface area (Å²) in [4.78, 5) is 32.6. The van der Waals surface area contributed by atoms with Gasteiger partial charge < -0.3 is 4.74 Å². The van der Waals surface area contributed by atoms with Crippen molar-refractivity contribution in [1.29, 1.82) is 0 Å². The monoisotopic (exact) mass is 287 g/mol. The van der Waals surface area contributed by atoms with Crippen LogP contribution in [0, 0.1) is 0 Å². The number of ether oxygens (including phenoxy) is 1. The molecule has 0 fully saturated rings. The molecule has 0 aromatic rings. The molecule has 0 bridgehead atoms. The largest absolute Gasteiger partial charge is 0.419 e. The van der Waals surface area contributed by atoms with Crippen LogP contribution in [0.1, 0.15) is 13.8 Å².